The normalized spacial score (nSPS) is 15.6. The summed E-state index contributed by atoms with van der Waals surface area (Å²) in [7, 11) is 0. The molecule has 0 amide bonds. The average Bonchev–Trinajstić information content (AvgIpc) is 3.12. The minimum absolute atomic E-state index is 0.616. The summed E-state index contributed by atoms with van der Waals surface area (Å²) in [5, 5.41) is 1.32. The molecule has 1 aliphatic rings. The molecule has 1 heterocycles. The molecule has 1 fully saturated rings. The van der Waals surface area contributed by atoms with Crippen LogP contribution < -0.4 is 4.46 Å². The molecule has 18 heavy (non-hydrogen) atoms. The third-order valence-corrected chi connectivity index (χ3v) is 5.46. The van der Waals surface area contributed by atoms with Crippen LogP contribution in [0.15, 0.2) is 55.3 Å². The van der Waals surface area contributed by atoms with Gasteiger partial charge in [0.25, 0.3) is 0 Å². The van der Waals surface area contributed by atoms with E-state index in [1.54, 1.807) is 0 Å². The summed E-state index contributed by atoms with van der Waals surface area (Å²) in [5.74, 6) is 0. The second kappa shape index (κ2) is 6.82. The van der Waals surface area contributed by atoms with Crippen LogP contribution in [0.5, 0.6) is 0 Å². The average molecular weight is 306 g/mol. The Kier molecular flexibility index (Phi) is 5.10. The molecule has 1 unspecified atom stereocenters. The number of benzene rings is 1. The molecule has 0 spiro atoms. The van der Waals surface area contributed by atoms with E-state index in [-0.39, 0.29) is 0 Å². The van der Waals surface area contributed by atoms with Crippen molar-refractivity contribution < 1.29 is 0 Å². The molecule has 2 rings (SSSR count). The zero-order valence-electron chi connectivity index (χ0n) is 10.8. The fourth-order valence-corrected chi connectivity index (χ4v) is 4.19. The summed E-state index contributed by atoms with van der Waals surface area (Å²) in [4.78, 5) is 2.45. The number of allylic oxidation sites excluding steroid dienone is 1. The number of rotatable bonds is 8. The predicted molar refractivity (Wildman–Crippen MR) is 80.3 cm³/mol. The molecular weight excluding hydrogens is 285 g/mol. The van der Waals surface area contributed by atoms with Gasteiger partial charge in [0.1, 0.15) is 0 Å². The summed E-state index contributed by atoms with van der Waals surface area (Å²) >= 11 is 0.616. The van der Waals surface area contributed by atoms with Crippen molar-refractivity contribution in [3.05, 3.63) is 55.3 Å². The Balaban J connectivity index is 1.75. The van der Waals surface area contributed by atoms with Gasteiger partial charge in [0, 0.05) is 0 Å². The summed E-state index contributed by atoms with van der Waals surface area (Å²) in [6.45, 7) is 8.98. The zero-order chi connectivity index (χ0) is 12.8. The molecular formula is C16H21NSe. The van der Waals surface area contributed by atoms with Gasteiger partial charge in [-0.05, 0) is 0 Å². The van der Waals surface area contributed by atoms with E-state index in [1.165, 1.54) is 28.3 Å². The van der Waals surface area contributed by atoms with Gasteiger partial charge in [-0.25, -0.2) is 0 Å². The molecule has 1 atom stereocenters. The molecule has 0 saturated carbocycles. The van der Waals surface area contributed by atoms with Crippen LogP contribution in [0.1, 0.15) is 19.3 Å². The molecule has 1 nitrogen and oxygen atoms in total. The molecule has 96 valence electrons. The van der Waals surface area contributed by atoms with Crippen molar-refractivity contribution in [2.24, 2.45) is 0 Å². The first-order valence-corrected chi connectivity index (χ1v) is 8.61. The van der Waals surface area contributed by atoms with E-state index < -0.39 is 0 Å². The molecule has 1 saturated heterocycles. The van der Waals surface area contributed by atoms with Crippen molar-refractivity contribution in [1.82, 2.24) is 4.90 Å². The van der Waals surface area contributed by atoms with Gasteiger partial charge in [0.05, 0.1) is 0 Å². The van der Waals surface area contributed by atoms with Crippen LogP contribution in [0.4, 0.5) is 0 Å². The summed E-state index contributed by atoms with van der Waals surface area (Å²) < 4.78 is 1.51. The molecule has 0 aliphatic carbocycles. The second-order valence-electron chi connectivity index (χ2n) is 4.66. The maximum absolute atomic E-state index is 4.05. The van der Waals surface area contributed by atoms with Gasteiger partial charge in [-0.3, -0.25) is 0 Å². The van der Waals surface area contributed by atoms with Crippen molar-refractivity contribution >= 4 is 19.4 Å². The third-order valence-electron chi connectivity index (χ3n) is 3.26. The van der Waals surface area contributed by atoms with Crippen molar-refractivity contribution in [2.45, 2.75) is 30.6 Å². The van der Waals surface area contributed by atoms with Crippen molar-refractivity contribution in [2.75, 3.05) is 6.54 Å². The Morgan fingerprint density at radius 1 is 1.28 bits per heavy atom. The fraction of sp³-hybridized carbons (Fsp3) is 0.375. The van der Waals surface area contributed by atoms with Gasteiger partial charge in [0.15, 0.2) is 0 Å². The molecule has 0 N–H and O–H groups in total. The van der Waals surface area contributed by atoms with Crippen LogP contribution in [0.2, 0.25) is 5.32 Å². The number of hydrogen-bond donors (Lipinski definition) is 0. The van der Waals surface area contributed by atoms with E-state index in [0.29, 0.717) is 21.0 Å². The minimum atomic E-state index is 0.616. The first kappa shape index (κ1) is 13.5. The standard InChI is InChI=1S/C16H21NSe/c1-3-4-8-15(17-13-14(17)2)11-12-18-16-9-6-5-7-10-16/h3,5-7,9-10,15H,1-2,4,8,11-13H2. The third kappa shape index (κ3) is 4.04. The summed E-state index contributed by atoms with van der Waals surface area (Å²) in [6.07, 6.45) is 5.67. The summed E-state index contributed by atoms with van der Waals surface area (Å²) in [5.41, 5.74) is 1.32. The van der Waals surface area contributed by atoms with Gasteiger partial charge in [-0.1, -0.05) is 0 Å². The maximum atomic E-state index is 4.05. The summed E-state index contributed by atoms with van der Waals surface area (Å²) in [6, 6.07) is 11.6. The fourth-order valence-electron chi connectivity index (χ4n) is 2.14. The Morgan fingerprint density at radius 2 is 2.00 bits per heavy atom. The van der Waals surface area contributed by atoms with Gasteiger partial charge >= 0.3 is 117 Å². The van der Waals surface area contributed by atoms with E-state index >= 15 is 0 Å². The molecule has 1 aromatic carbocycles. The Morgan fingerprint density at radius 3 is 2.61 bits per heavy atom. The van der Waals surface area contributed by atoms with E-state index in [4.69, 9.17) is 0 Å². The van der Waals surface area contributed by atoms with Crippen LogP contribution in [0, 0.1) is 0 Å². The predicted octanol–water partition coefficient (Wildman–Crippen LogP) is 2.99. The van der Waals surface area contributed by atoms with Crippen LogP contribution in [-0.2, 0) is 0 Å². The first-order chi connectivity index (χ1) is 8.81. The van der Waals surface area contributed by atoms with Crippen LogP contribution >= 0.6 is 0 Å². The van der Waals surface area contributed by atoms with Gasteiger partial charge in [0.2, 0.25) is 0 Å². The quantitative estimate of drug-likeness (QED) is 0.405. The monoisotopic (exact) mass is 307 g/mol. The SMILES string of the molecule is C=CCCC(CC[Se]c1ccccc1)N1CC1=C. The Bertz CT molecular complexity index is 399. The number of hydrogen-bond acceptors (Lipinski definition) is 1. The Labute approximate surface area is 117 Å². The first-order valence-electron chi connectivity index (χ1n) is 6.54. The van der Waals surface area contributed by atoms with E-state index in [2.05, 4.69) is 48.4 Å². The van der Waals surface area contributed by atoms with Crippen LogP contribution in [-0.4, -0.2) is 32.4 Å². The topological polar surface area (TPSA) is 3.01 Å². The van der Waals surface area contributed by atoms with Crippen LogP contribution in [0.25, 0.3) is 0 Å². The molecule has 0 aromatic heterocycles. The van der Waals surface area contributed by atoms with E-state index in [9.17, 15) is 0 Å². The molecule has 2 heteroatoms. The van der Waals surface area contributed by atoms with Crippen LogP contribution in [0.3, 0.4) is 0 Å². The number of nitrogens with zero attached hydrogens (tertiary/aromatic N) is 1. The van der Waals surface area contributed by atoms with Crippen molar-refractivity contribution in [1.29, 1.82) is 0 Å². The van der Waals surface area contributed by atoms with Gasteiger partial charge in [-0.15, -0.1) is 0 Å². The molecule has 0 bridgehead atoms. The van der Waals surface area contributed by atoms with E-state index in [1.807, 2.05) is 6.08 Å². The van der Waals surface area contributed by atoms with Gasteiger partial charge in [-0.2, -0.15) is 0 Å². The molecule has 0 radical (unpaired) electrons. The van der Waals surface area contributed by atoms with Crippen molar-refractivity contribution in [3.8, 4) is 0 Å². The van der Waals surface area contributed by atoms with Crippen molar-refractivity contribution in [3.63, 3.8) is 0 Å². The molecule has 1 aliphatic heterocycles. The van der Waals surface area contributed by atoms with Gasteiger partial charge < -0.3 is 0 Å². The Hall–Kier alpha value is -0.981. The van der Waals surface area contributed by atoms with E-state index in [0.717, 1.165) is 13.0 Å². The molecule has 1 aromatic rings. The zero-order valence-corrected chi connectivity index (χ0v) is 12.6. The second-order valence-corrected chi connectivity index (χ2v) is 7.12.